The summed E-state index contributed by atoms with van der Waals surface area (Å²) in [6, 6.07) is 16.5. The minimum absolute atomic E-state index is 0.0796. The van der Waals surface area contributed by atoms with Crippen LogP contribution < -0.4 is 10.6 Å². The van der Waals surface area contributed by atoms with Crippen LogP contribution in [0, 0.1) is 13.8 Å². The molecule has 0 bridgehead atoms. The van der Waals surface area contributed by atoms with Crippen LogP contribution >= 0.6 is 11.3 Å². The molecule has 39 heavy (non-hydrogen) atoms. The van der Waals surface area contributed by atoms with E-state index in [0.717, 1.165) is 70.6 Å². The van der Waals surface area contributed by atoms with Crippen LogP contribution in [0.5, 0.6) is 0 Å². The third-order valence-corrected chi connectivity index (χ3v) is 8.54. The zero-order chi connectivity index (χ0) is 27.5. The lowest BCUT2D eigenvalue weighted by Crippen LogP contribution is -2.33. The second-order valence-electron chi connectivity index (χ2n) is 10.1. The molecule has 3 N–H and O–H groups in total. The first kappa shape index (κ1) is 27.1. The predicted octanol–water partition coefficient (Wildman–Crippen LogP) is 6.91. The van der Waals surface area contributed by atoms with Crippen LogP contribution in [0.2, 0.25) is 0 Å². The Kier molecular flexibility index (Phi) is 8.12. The number of thiazole rings is 1. The highest BCUT2D eigenvalue weighted by atomic mass is 32.1. The van der Waals surface area contributed by atoms with Gasteiger partial charge in [0.2, 0.25) is 0 Å². The van der Waals surface area contributed by atoms with Crippen molar-refractivity contribution >= 4 is 34.6 Å². The number of aromatic nitrogens is 2. The lowest BCUT2D eigenvalue weighted by Gasteiger charge is -2.21. The van der Waals surface area contributed by atoms with Crippen molar-refractivity contribution < 1.29 is 4.79 Å². The van der Waals surface area contributed by atoms with Crippen LogP contribution in [0.15, 0.2) is 53.9 Å². The van der Waals surface area contributed by atoms with Gasteiger partial charge in [-0.15, -0.1) is 11.3 Å². The molecule has 6 nitrogen and oxygen atoms in total. The van der Waals surface area contributed by atoms with Gasteiger partial charge in [0.1, 0.15) is 5.01 Å². The highest BCUT2D eigenvalue weighted by Gasteiger charge is 2.26. The number of H-pyrrole nitrogens is 1. The van der Waals surface area contributed by atoms with Crippen molar-refractivity contribution in [1.29, 1.82) is 0 Å². The maximum absolute atomic E-state index is 13.0. The molecule has 3 heterocycles. The number of carbonyl (C=O) groups is 1. The Balaban J connectivity index is 1.40. The summed E-state index contributed by atoms with van der Waals surface area (Å²) in [5, 5.41) is 9.78. The number of anilines is 1. The maximum Gasteiger partial charge on any atom is 0.256 e. The normalized spacial score (nSPS) is 14.7. The summed E-state index contributed by atoms with van der Waals surface area (Å²) in [4.78, 5) is 23.9. The molecule has 1 aliphatic heterocycles. The number of rotatable bonds is 10. The van der Waals surface area contributed by atoms with E-state index in [9.17, 15) is 4.79 Å². The van der Waals surface area contributed by atoms with Gasteiger partial charge in [0.25, 0.3) is 5.91 Å². The summed E-state index contributed by atoms with van der Waals surface area (Å²) in [5.41, 5.74) is 9.98. The molecule has 0 aliphatic carbocycles. The smallest absolute Gasteiger partial charge is 0.256 e. The first-order chi connectivity index (χ1) is 18.9. The van der Waals surface area contributed by atoms with Gasteiger partial charge in [-0.1, -0.05) is 50.2 Å². The number of hydrogen-bond acceptors (Lipinski definition) is 5. The quantitative estimate of drug-likeness (QED) is 0.192. The van der Waals surface area contributed by atoms with Crippen molar-refractivity contribution in [3.63, 3.8) is 0 Å². The topological polar surface area (TPSA) is 73.0 Å². The molecule has 0 spiro atoms. The molecule has 0 fully saturated rings. The first-order valence-corrected chi connectivity index (χ1v) is 14.6. The number of aromatic amines is 1. The van der Waals surface area contributed by atoms with E-state index in [0.29, 0.717) is 5.57 Å². The van der Waals surface area contributed by atoms with E-state index in [2.05, 4.69) is 78.7 Å². The number of amides is 1. The van der Waals surface area contributed by atoms with Gasteiger partial charge in [-0.25, -0.2) is 4.98 Å². The second-order valence-corrected chi connectivity index (χ2v) is 10.9. The predicted molar refractivity (Wildman–Crippen MR) is 164 cm³/mol. The fourth-order valence-corrected chi connectivity index (χ4v) is 6.25. The van der Waals surface area contributed by atoms with Crippen molar-refractivity contribution in [3.8, 4) is 21.8 Å². The van der Waals surface area contributed by atoms with Gasteiger partial charge >= 0.3 is 0 Å². The van der Waals surface area contributed by atoms with Gasteiger partial charge in [0.05, 0.1) is 11.3 Å². The maximum atomic E-state index is 13.0. The fourth-order valence-electron chi connectivity index (χ4n) is 5.42. The zero-order valence-electron chi connectivity index (χ0n) is 23.4. The minimum atomic E-state index is -0.0796. The van der Waals surface area contributed by atoms with Crippen LogP contribution in [0.25, 0.3) is 33.5 Å². The molecule has 0 saturated carbocycles. The number of nitrogens with zero attached hydrogens (tertiary/aromatic N) is 2. The first-order valence-electron chi connectivity index (χ1n) is 13.7. The lowest BCUT2D eigenvalue weighted by molar-refractivity contribution is -0.110. The molecule has 1 aliphatic rings. The van der Waals surface area contributed by atoms with Crippen molar-refractivity contribution in [2.45, 2.75) is 40.7 Å². The van der Waals surface area contributed by atoms with Crippen LogP contribution in [-0.2, 0) is 4.79 Å². The van der Waals surface area contributed by atoms with Crippen molar-refractivity contribution in [3.05, 3.63) is 82.0 Å². The molecule has 1 amide bonds. The Hall–Kier alpha value is -3.52. The molecule has 5 rings (SSSR count). The Morgan fingerprint density at radius 3 is 2.59 bits per heavy atom. The average molecular weight is 540 g/mol. The largest absolute Gasteiger partial charge is 0.359 e. The Morgan fingerprint density at radius 1 is 1.08 bits per heavy atom. The molecule has 0 radical (unpaired) electrons. The number of hydrogen-bond donors (Lipinski definition) is 3. The van der Waals surface area contributed by atoms with Gasteiger partial charge < -0.3 is 20.5 Å². The second kappa shape index (κ2) is 11.7. The van der Waals surface area contributed by atoms with E-state index in [1.165, 1.54) is 11.1 Å². The summed E-state index contributed by atoms with van der Waals surface area (Å²) in [7, 11) is 0. The van der Waals surface area contributed by atoms with Gasteiger partial charge in [-0.3, -0.25) is 4.79 Å². The van der Waals surface area contributed by atoms with Gasteiger partial charge in [-0.2, -0.15) is 0 Å². The Labute approximate surface area is 235 Å². The third kappa shape index (κ3) is 5.62. The molecule has 4 aromatic rings. The summed E-state index contributed by atoms with van der Waals surface area (Å²) in [5.74, 6) is -0.0796. The Bertz CT molecular complexity index is 1500. The molecular formula is C32H37N5OS. The van der Waals surface area contributed by atoms with Gasteiger partial charge in [-0.05, 0) is 63.2 Å². The molecular weight excluding hydrogens is 502 g/mol. The number of aryl methyl sites for hydroxylation is 1. The third-order valence-electron chi connectivity index (χ3n) is 7.65. The monoisotopic (exact) mass is 539 g/mol. The molecule has 2 aromatic carbocycles. The van der Waals surface area contributed by atoms with Crippen molar-refractivity contribution in [2.75, 3.05) is 31.5 Å². The zero-order valence-corrected chi connectivity index (χ0v) is 24.2. The van der Waals surface area contributed by atoms with E-state index in [4.69, 9.17) is 4.98 Å². The van der Waals surface area contributed by atoms with E-state index in [1.54, 1.807) is 11.3 Å². The summed E-state index contributed by atoms with van der Waals surface area (Å²) >= 11 is 1.63. The molecule has 0 saturated heterocycles. The van der Waals surface area contributed by atoms with E-state index in [1.807, 2.05) is 36.4 Å². The van der Waals surface area contributed by atoms with E-state index < -0.39 is 0 Å². The molecule has 2 aromatic heterocycles. The van der Waals surface area contributed by atoms with Crippen molar-refractivity contribution in [2.24, 2.45) is 0 Å². The highest BCUT2D eigenvalue weighted by molar-refractivity contribution is 7.13. The number of nitrogens with one attached hydrogen (secondary N) is 3. The number of benzene rings is 2. The van der Waals surface area contributed by atoms with Crippen LogP contribution in [0.3, 0.4) is 0 Å². The number of carbonyl (C=O) groups excluding carboxylic acids is 1. The van der Waals surface area contributed by atoms with E-state index >= 15 is 0 Å². The van der Waals surface area contributed by atoms with Gasteiger partial charge in [0, 0.05) is 58.3 Å². The molecule has 1 unspecified atom stereocenters. The standard InChI is InChI=1S/C32H37N5OS/c1-6-37(7-2)16-15-33-21(4)30-20(3)28(34-22(30)5)18-26-25-17-24(13-14-27(25)35-31(26)38)29-19-39-32(36-29)23-11-9-8-10-12-23/h8-14,17-19,21,33-34H,6-7,15-16H2,1-5H3,(H,35,38). The average Bonchev–Trinajstić information content (AvgIpc) is 3.63. The SMILES string of the molecule is CCN(CC)CCNC(C)c1c(C)[nH]c(C=C2C(=O)Nc3ccc(-c4csc(-c5ccccc5)n4)cc32)c1C. The highest BCUT2D eigenvalue weighted by Crippen LogP contribution is 2.38. The fraction of sp³-hybridized carbons (Fsp3) is 0.312. The van der Waals surface area contributed by atoms with Crippen LogP contribution in [0.4, 0.5) is 5.69 Å². The summed E-state index contributed by atoms with van der Waals surface area (Å²) < 4.78 is 0. The van der Waals surface area contributed by atoms with E-state index in [-0.39, 0.29) is 11.9 Å². The van der Waals surface area contributed by atoms with Crippen LogP contribution in [-0.4, -0.2) is 47.0 Å². The Morgan fingerprint density at radius 2 is 1.85 bits per heavy atom. The van der Waals surface area contributed by atoms with Crippen LogP contribution in [0.1, 0.15) is 54.9 Å². The summed E-state index contributed by atoms with van der Waals surface area (Å²) in [6.45, 7) is 15.0. The minimum Gasteiger partial charge on any atom is -0.359 e. The molecule has 7 heteroatoms. The van der Waals surface area contributed by atoms with Gasteiger partial charge in [0.15, 0.2) is 0 Å². The molecule has 202 valence electrons. The number of fused-ring (bicyclic) bond motifs is 1. The summed E-state index contributed by atoms with van der Waals surface area (Å²) in [6.07, 6.45) is 2.00. The number of likely N-dealkylation sites (N-methyl/N-ethyl adjacent to an activating group) is 1. The molecule has 1 atom stereocenters. The lowest BCUT2D eigenvalue weighted by atomic mass is 9.99. The van der Waals surface area contributed by atoms with Crippen molar-refractivity contribution in [1.82, 2.24) is 20.2 Å².